The molecule has 2 aromatic carbocycles. The molecule has 0 atom stereocenters. The fourth-order valence-electron chi connectivity index (χ4n) is 2.21. The molecule has 0 unspecified atom stereocenters. The molecule has 25 heavy (non-hydrogen) atoms. The van der Waals surface area contributed by atoms with E-state index in [9.17, 15) is 4.79 Å². The van der Waals surface area contributed by atoms with Crippen molar-refractivity contribution in [3.63, 3.8) is 0 Å². The Morgan fingerprint density at radius 3 is 2.28 bits per heavy atom. The van der Waals surface area contributed by atoms with E-state index < -0.39 is 0 Å². The highest BCUT2D eigenvalue weighted by Crippen LogP contribution is 2.24. The number of para-hydroxylation sites is 1. The minimum atomic E-state index is -0.193. The van der Waals surface area contributed by atoms with E-state index in [2.05, 4.69) is 26.1 Å². The summed E-state index contributed by atoms with van der Waals surface area (Å²) in [5, 5.41) is 3.11. The summed E-state index contributed by atoms with van der Waals surface area (Å²) in [4.78, 5) is 20.2. The second-order valence-electron chi connectivity index (χ2n) is 5.31. The molecule has 126 valence electrons. The van der Waals surface area contributed by atoms with Crippen molar-refractivity contribution in [1.82, 2.24) is 15.4 Å². The van der Waals surface area contributed by atoms with Crippen LogP contribution >= 0.6 is 0 Å². The number of nitrogens with two attached hydrogens (primary N) is 1. The van der Waals surface area contributed by atoms with Gasteiger partial charge in [0, 0.05) is 5.69 Å². The number of hydrogen-bond acceptors (Lipinski definition) is 6. The lowest BCUT2D eigenvalue weighted by atomic mass is 10.1. The molecule has 0 saturated carbocycles. The van der Waals surface area contributed by atoms with Gasteiger partial charge in [0.25, 0.3) is 0 Å². The highest BCUT2D eigenvalue weighted by molar-refractivity contribution is 5.82. The fourth-order valence-corrected chi connectivity index (χ4v) is 2.21. The summed E-state index contributed by atoms with van der Waals surface area (Å²) >= 11 is 0. The topological polar surface area (TPSA) is 105 Å². The van der Waals surface area contributed by atoms with E-state index in [0.717, 1.165) is 11.3 Å². The number of nitrogens with one attached hydrogen (secondary N) is 3. The second kappa shape index (κ2) is 7.78. The van der Waals surface area contributed by atoms with E-state index in [4.69, 9.17) is 5.73 Å². The van der Waals surface area contributed by atoms with Crippen molar-refractivity contribution < 1.29 is 4.79 Å². The van der Waals surface area contributed by atoms with Gasteiger partial charge in [-0.25, -0.2) is 9.97 Å². The van der Waals surface area contributed by atoms with Gasteiger partial charge in [-0.2, -0.15) is 0 Å². The first-order valence-electron chi connectivity index (χ1n) is 7.73. The number of hydrazine groups is 1. The molecule has 7 nitrogen and oxygen atoms in total. The number of hydrogen-bond donors (Lipinski definition) is 4. The summed E-state index contributed by atoms with van der Waals surface area (Å²) in [7, 11) is 0. The van der Waals surface area contributed by atoms with Crippen LogP contribution in [0.4, 0.5) is 23.0 Å². The van der Waals surface area contributed by atoms with Gasteiger partial charge >= 0.3 is 0 Å². The average molecular weight is 334 g/mol. The van der Waals surface area contributed by atoms with Gasteiger partial charge in [0.1, 0.15) is 12.0 Å². The number of nitrogens with zero attached hydrogens (tertiary/aromatic N) is 2. The molecule has 0 bridgehead atoms. The van der Waals surface area contributed by atoms with Crippen LogP contribution in [0, 0.1) is 0 Å². The monoisotopic (exact) mass is 334 g/mol. The first-order valence-corrected chi connectivity index (χ1v) is 7.73. The van der Waals surface area contributed by atoms with Crippen LogP contribution in [0.5, 0.6) is 0 Å². The van der Waals surface area contributed by atoms with Gasteiger partial charge in [-0.1, -0.05) is 48.5 Å². The highest BCUT2D eigenvalue weighted by Gasteiger charge is 2.09. The summed E-state index contributed by atoms with van der Waals surface area (Å²) in [6, 6.07) is 19.0. The quantitative estimate of drug-likeness (QED) is 0.516. The van der Waals surface area contributed by atoms with Crippen molar-refractivity contribution in [1.29, 1.82) is 0 Å². The highest BCUT2D eigenvalue weighted by atomic mass is 16.2. The Labute approximate surface area is 145 Å². The largest absolute Gasteiger partial charge is 0.393 e. The predicted molar refractivity (Wildman–Crippen MR) is 98.1 cm³/mol. The molecule has 1 amide bonds. The molecule has 1 heterocycles. The number of aromatic nitrogens is 2. The Morgan fingerprint density at radius 2 is 1.56 bits per heavy atom. The number of carbonyl (C=O) groups excluding carboxylic acids is 1. The number of carbonyl (C=O) groups is 1. The molecule has 0 radical (unpaired) electrons. The van der Waals surface area contributed by atoms with Crippen LogP contribution < -0.4 is 21.9 Å². The maximum atomic E-state index is 12.0. The molecule has 0 aliphatic heterocycles. The van der Waals surface area contributed by atoms with Gasteiger partial charge in [-0.3, -0.25) is 15.6 Å². The minimum Gasteiger partial charge on any atom is -0.393 e. The van der Waals surface area contributed by atoms with Crippen LogP contribution in [-0.2, 0) is 11.2 Å². The first-order chi connectivity index (χ1) is 12.2. The molecule has 0 aliphatic carbocycles. The van der Waals surface area contributed by atoms with Crippen LogP contribution in [0.3, 0.4) is 0 Å². The van der Waals surface area contributed by atoms with Crippen molar-refractivity contribution >= 4 is 28.9 Å². The Bertz CT molecular complexity index is 839. The molecule has 0 spiro atoms. The molecule has 5 N–H and O–H groups in total. The Hall–Kier alpha value is -3.61. The van der Waals surface area contributed by atoms with E-state index in [1.54, 1.807) is 0 Å². The fraction of sp³-hybridized carbons (Fsp3) is 0.0556. The smallest absolute Gasteiger partial charge is 0.242 e. The normalized spacial score (nSPS) is 10.1. The maximum absolute atomic E-state index is 12.0. The van der Waals surface area contributed by atoms with Gasteiger partial charge in [-0.15, -0.1) is 0 Å². The predicted octanol–water partition coefficient (Wildman–Crippen LogP) is 2.49. The van der Waals surface area contributed by atoms with Crippen LogP contribution in [0.15, 0.2) is 67.0 Å². The van der Waals surface area contributed by atoms with Crippen molar-refractivity contribution in [3.8, 4) is 0 Å². The summed E-state index contributed by atoms with van der Waals surface area (Å²) < 4.78 is 0. The van der Waals surface area contributed by atoms with Gasteiger partial charge in [-0.05, 0) is 17.7 Å². The zero-order valence-electron chi connectivity index (χ0n) is 13.4. The molecule has 3 rings (SSSR count). The number of benzene rings is 2. The lowest BCUT2D eigenvalue weighted by Gasteiger charge is -2.13. The van der Waals surface area contributed by atoms with Crippen LogP contribution in [0.1, 0.15) is 5.56 Å². The van der Waals surface area contributed by atoms with Crippen molar-refractivity contribution in [2.24, 2.45) is 0 Å². The molecule has 3 aromatic rings. The molecule has 7 heteroatoms. The summed E-state index contributed by atoms with van der Waals surface area (Å²) in [6.45, 7) is 0. The molecule has 0 aliphatic rings. The SMILES string of the molecule is Nc1c(NNC(=O)Cc2ccccc2)ncnc1Nc1ccccc1. The molecular weight excluding hydrogens is 316 g/mol. The lowest BCUT2D eigenvalue weighted by molar-refractivity contribution is -0.119. The minimum absolute atomic E-state index is 0.193. The van der Waals surface area contributed by atoms with E-state index in [0.29, 0.717) is 17.3 Å². The zero-order valence-corrected chi connectivity index (χ0v) is 13.4. The molecule has 0 fully saturated rings. The molecule has 0 saturated heterocycles. The van der Waals surface area contributed by atoms with E-state index >= 15 is 0 Å². The Kier molecular flexibility index (Phi) is 5.06. The number of amides is 1. The molecule has 1 aromatic heterocycles. The van der Waals surface area contributed by atoms with Crippen LogP contribution in [0.25, 0.3) is 0 Å². The number of anilines is 4. The van der Waals surface area contributed by atoms with Crippen molar-refractivity contribution in [2.45, 2.75) is 6.42 Å². The summed E-state index contributed by atoms with van der Waals surface area (Å²) in [5.41, 5.74) is 13.5. The Balaban J connectivity index is 1.63. The molecular formula is C18H18N6O. The van der Waals surface area contributed by atoms with Crippen molar-refractivity contribution in [3.05, 3.63) is 72.6 Å². The average Bonchev–Trinajstić information content (AvgIpc) is 2.64. The van der Waals surface area contributed by atoms with Gasteiger partial charge in [0.2, 0.25) is 5.91 Å². The maximum Gasteiger partial charge on any atom is 0.242 e. The van der Waals surface area contributed by atoms with Gasteiger partial charge in [0.15, 0.2) is 11.6 Å². The standard InChI is InChI=1S/C18H18N6O/c19-16-17(22-14-9-5-2-6-10-14)20-12-21-18(16)24-23-15(25)11-13-7-3-1-4-8-13/h1-10,12H,11,19H2,(H,23,25)(H2,20,21,22,24). The first kappa shape index (κ1) is 16.3. The van der Waals surface area contributed by atoms with Crippen LogP contribution in [0.2, 0.25) is 0 Å². The van der Waals surface area contributed by atoms with Gasteiger partial charge in [0.05, 0.1) is 6.42 Å². The zero-order chi connectivity index (χ0) is 17.5. The lowest BCUT2D eigenvalue weighted by Crippen LogP contribution is -2.31. The number of rotatable bonds is 6. The van der Waals surface area contributed by atoms with E-state index in [1.165, 1.54) is 6.33 Å². The third-order valence-electron chi connectivity index (χ3n) is 3.45. The summed E-state index contributed by atoms with van der Waals surface area (Å²) in [6.07, 6.45) is 1.63. The van der Waals surface area contributed by atoms with Gasteiger partial charge < -0.3 is 11.1 Å². The summed E-state index contributed by atoms with van der Waals surface area (Å²) in [5.74, 6) is 0.595. The second-order valence-corrected chi connectivity index (χ2v) is 5.31. The van der Waals surface area contributed by atoms with Crippen molar-refractivity contribution in [2.75, 3.05) is 16.5 Å². The van der Waals surface area contributed by atoms with E-state index in [-0.39, 0.29) is 12.3 Å². The third-order valence-corrected chi connectivity index (χ3v) is 3.45. The Morgan fingerprint density at radius 1 is 0.920 bits per heavy atom. The van der Waals surface area contributed by atoms with E-state index in [1.807, 2.05) is 60.7 Å². The van der Waals surface area contributed by atoms with Crippen LogP contribution in [-0.4, -0.2) is 15.9 Å². The third kappa shape index (κ3) is 4.44. The number of nitrogen functional groups attached to an aromatic ring is 1.